The third kappa shape index (κ3) is 4.42. The van der Waals surface area contributed by atoms with E-state index in [-0.39, 0.29) is 23.6 Å². The summed E-state index contributed by atoms with van der Waals surface area (Å²) in [7, 11) is 0. The van der Waals surface area contributed by atoms with Crippen molar-refractivity contribution in [2.24, 2.45) is 5.92 Å². The molecule has 1 amide bonds. The molecule has 1 aliphatic heterocycles. The molecule has 2 aromatic carbocycles. The first kappa shape index (κ1) is 19.1. The summed E-state index contributed by atoms with van der Waals surface area (Å²) >= 11 is 0. The highest BCUT2D eigenvalue weighted by molar-refractivity contribution is 5.95. The average Bonchev–Trinajstić information content (AvgIpc) is 3.51. The molecule has 0 spiro atoms. The molecule has 0 radical (unpaired) electrons. The zero-order chi connectivity index (χ0) is 19.5. The van der Waals surface area contributed by atoms with E-state index >= 15 is 0 Å². The van der Waals surface area contributed by atoms with Crippen LogP contribution in [0.2, 0.25) is 0 Å². The number of hydrogen-bond donors (Lipinski definition) is 1. The van der Waals surface area contributed by atoms with Crippen LogP contribution in [0.15, 0.2) is 48.5 Å². The molecule has 4 nitrogen and oxygen atoms in total. The number of amides is 1. The Kier molecular flexibility index (Phi) is 5.74. The summed E-state index contributed by atoms with van der Waals surface area (Å²) < 4.78 is 13.9. The van der Waals surface area contributed by atoms with Gasteiger partial charge in [-0.05, 0) is 48.2 Å². The van der Waals surface area contributed by atoms with Crippen molar-refractivity contribution in [3.63, 3.8) is 0 Å². The summed E-state index contributed by atoms with van der Waals surface area (Å²) in [4.78, 5) is 17.4. The molecule has 1 N–H and O–H groups in total. The first-order valence-corrected chi connectivity index (χ1v) is 10.2. The van der Waals surface area contributed by atoms with E-state index in [0.717, 1.165) is 45.0 Å². The highest BCUT2D eigenvalue weighted by Crippen LogP contribution is 2.48. The fourth-order valence-corrected chi connectivity index (χ4v) is 4.05. The minimum absolute atomic E-state index is 0.00209. The molecule has 4 rings (SSSR count). The number of hydrogen-bond acceptors (Lipinski definition) is 3. The molecule has 148 valence electrons. The molecular formula is C23H28FN3O. The summed E-state index contributed by atoms with van der Waals surface area (Å²) in [5.41, 5.74) is 2.73. The van der Waals surface area contributed by atoms with Crippen LogP contribution in [0.5, 0.6) is 0 Å². The molecule has 1 saturated heterocycles. The maximum atomic E-state index is 13.9. The molecule has 28 heavy (non-hydrogen) atoms. The summed E-state index contributed by atoms with van der Waals surface area (Å²) in [6.45, 7) is 8.76. The maximum Gasteiger partial charge on any atom is 0.228 e. The van der Waals surface area contributed by atoms with Gasteiger partial charge >= 0.3 is 0 Å². The predicted molar refractivity (Wildman–Crippen MR) is 110 cm³/mol. The number of nitrogens with one attached hydrogen (secondary N) is 1. The summed E-state index contributed by atoms with van der Waals surface area (Å²) in [6, 6.07) is 14.9. The van der Waals surface area contributed by atoms with Crippen LogP contribution in [0.3, 0.4) is 0 Å². The Bertz CT molecular complexity index is 815. The molecule has 2 atom stereocenters. The van der Waals surface area contributed by atoms with Crippen LogP contribution in [0, 0.1) is 11.7 Å². The molecule has 2 unspecified atom stereocenters. The molecular weight excluding hydrogens is 353 g/mol. The Labute approximate surface area is 166 Å². The largest absolute Gasteiger partial charge is 0.326 e. The van der Waals surface area contributed by atoms with E-state index in [9.17, 15) is 9.18 Å². The van der Waals surface area contributed by atoms with Gasteiger partial charge in [-0.2, -0.15) is 0 Å². The topological polar surface area (TPSA) is 35.6 Å². The summed E-state index contributed by atoms with van der Waals surface area (Å²) in [5, 5.41) is 2.99. The van der Waals surface area contributed by atoms with Gasteiger partial charge in [-0.1, -0.05) is 37.3 Å². The Morgan fingerprint density at radius 1 is 1.04 bits per heavy atom. The number of carbonyl (C=O) groups excluding carboxylic acids is 1. The highest BCUT2D eigenvalue weighted by atomic mass is 19.1. The van der Waals surface area contributed by atoms with Crippen molar-refractivity contribution in [1.82, 2.24) is 9.80 Å². The molecule has 2 fully saturated rings. The average molecular weight is 381 g/mol. The van der Waals surface area contributed by atoms with Gasteiger partial charge in [-0.25, -0.2) is 4.39 Å². The molecule has 2 aromatic rings. The van der Waals surface area contributed by atoms with E-state index in [0.29, 0.717) is 12.0 Å². The van der Waals surface area contributed by atoms with Crippen LogP contribution in [-0.4, -0.2) is 48.4 Å². The number of nitrogens with zero attached hydrogens (tertiary/aromatic N) is 2. The molecule has 1 saturated carbocycles. The number of piperazine rings is 1. The van der Waals surface area contributed by atoms with Crippen molar-refractivity contribution in [1.29, 1.82) is 0 Å². The van der Waals surface area contributed by atoms with Crippen molar-refractivity contribution in [3.05, 3.63) is 65.5 Å². The normalized spacial score (nSPS) is 22.8. The monoisotopic (exact) mass is 381 g/mol. The van der Waals surface area contributed by atoms with Crippen molar-refractivity contribution in [3.8, 4) is 0 Å². The Balaban J connectivity index is 1.28. The second-order valence-electron chi connectivity index (χ2n) is 7.87. The SMILES string of the molecule is CCN1CCN(Cc2ccc(NC(=O)C3CC3c3ccccc3F)cc2)CC1. The van der Waals surface area contributed by atoms with Gasteiger partial charge in [0.15, 0.2) is 0 Å². The van der Waals surface area contributed by atoms with Crippen LogP contribution in [0.4, 0.5) is 10.1 Å². The number of halogens is 1. The van der Waals surface area contributed by atoms with Crippen molar-refractivity contribution in [2.45, 2.75) is 25.8 Å². The van der Waals surface area contributed by atoms with E-state index in [2.05, 4.69) is 34.2 Å². The van der Waals surface area contributed by atoms with Crippen molar-refractivity contribution in [2.75, 3.05) is 38.0 Å². The second-order valence-corrected chi connectivity index (χ2v) is 7.87. The van der Waals surface area contributed by atoms with E-state index in [1.807, 2.05) is 18.2 Å². The van der Waals surface area contributed by atoms with Crippen LogP contribution in [0.25, 0.3) is 0 Å². The van der Waals surface area contributed by atoms with Gasteiger partial charge in [-0.3, -0.25) is 9.69 Å². The minimum Gasteiger partial charge on any atom is -0.326 e. The number of carbonyl (C=O) groups is 1. The molecule has 1 heterocycles. The third-order valence-electron chi connectivity index (χ3n) is 5.97. The van der Waals surface area contributed by atoms with Gasteiger partial charge in [0.2, 0.25) is 5.91 Å². The van der Waals surface area contributed by atoms with Crippen molar-refractivity contribution < 1.29 is 9.18 Å². The zero-order valence-electron chi connectivity index (χ0n) is 16.4. The zero-order valence-corrected chi connectivity index (χ0v) is 16.4. The minimum atomic E-state index is -0.216. The van der Waals surface area contributed by atoms with E-state index < -0.39 is 0 Å². The predicted octanol–water partition coefficient (Wildman–Crippen LogP) is 3.71. The van der Waals surface area contributed by atoms with E-state index in [4.69, 9.17) is 0 Å². The fraction of sp³-hybridized carbons (Fsp3) is 0.435. The van der Waals surface area contributed by atoms with Gasteiger partial charge in [0, 0.05) is 44.3 Å². The summed E-state index contributed by atoms with van der Waals surface area (Å²) in [5.74, 6) is -0.364. The first-order chi connectivity index (χ1) is 13.6. The Morgan fingerprint density at radius 3 is 2.39 bits per heavy atom. The lowest BCUT2D eigenvalue weighted by Gasteiger charge is -2.34. The van der Waals surface area contributed by atoms with E-state index in [1.54, 1.807) is 12.1 Å². The van der Waals surface area contributed by atoms with Crippen LogP contribution >= 0.6 is 0 Å². The lowest BCUT2D eigenvalue weighted by atomic mass is 10.1. The number of anilines is 1. The van der Waals surface area contributed by atoms with Gasteiger partial charge in [0.05, 0.1) is 0 Å². The van der Waals surface area contributed by atoms with Crippen LogP contribution < -0.4 is 5.32 Å². The van der Waals surface area contributed by atoms with Gasteiger partial charge in [-0.15, -0.1) is 0 Å². The van der Waals surface area contributed by atoms with E-state index in [1.165, 1.54) is 11.6 Å². The molecule has 2 aliphatic rings. The van der Waals surface area contributed by atoms with Gasteiger partial charge < -0.3 is 10.2 Å². The molecule has 0 aromatic heterocycles. The fourth-order valence-electron chi connectivity index (χ4n) is 4.05. The van der Waals surface area contributed by atoms with Gasteiger partial charge in [0.1, 0.15) is 5.82 Å². The standard InChI is InChI=1S/C23H28FN3O/c1-2-26-11-13-27(14-12-26)16-17-7-9-18(10-8-17)25-23(28)21-15-20(21)19-5-3-4-6-22(19)24/h3-10,20-21H,2,11-16H2,1H3,(H,25,28). The number of benzene rings is 2. The highest BCUT2D eigenvalue weighted by Gasteiger charge is 2.45. The smallest absolute Gasteiger partial charge is 0.228 e. The van der Waals surface area contributed by atoms with Crippen molar-refractivity contribution >= 4 is 11.6 Å². The molecule has 5 heteroatoms. The lowest BCUT2D eigenvalue weighted by molar-refractivity contribution is -0.117. The van der Waals surface area contributed by atoms with Gasteiger partial charge in [0.25, 0.3) is 0 Å². The third-order valence-corrected chi connectivity index (χ3v) is 5.97. The Morgan fingerprint density at radius 2 is 1.71 bits per heavy atom. The molecule has 0 bridgehead atoms. The lowest BCUT2D eigenvalue weighted by Crippen LogP contribution is -2.45. The van der Waals surface area contributed by atoms with Crippen LogP contribution in [0.1, 0.15) is 30.4 Å². The maximum absolute atomic E-state index is 13.9. The summed E-state index contributed by atoms with van der Waals surface area (Å²) in [6.07, 6.45) is 0.717. The van der Waals surface area contributed by atoms with Crippen LogP contribution in [-0.2, 0) is 11.3 Å². The Hall–Kier alpha value is -2.24. The first-order valence-electron chi connectivity index (χ1n) is 10.2. The number of rotatable bonds is 6. The quantitative estimate of drug-likeness (QED) is 0.829. The second kappa shape index (κ2) is 8.41. The number of likely N-dealkylation sites (N-methyl/N-ethyl adjacent to an activating group) is 1. The molecule has 1 aliphatic carbocycles.